The predicted octanol–water partition coefficient (Wildman–Crippen LogP) is 3.92. The fourth-order valence-corrected chi connectivity index (χ4v) is 0. The number of rotatable bonds is 1. The Bertz CT molecular complexity index is 72.6. The molecular weight excluding hydrogens is 248 g/mol. The van der Waals surface area contributed by atoms with Crippen molar-refractivity contribution in [2.24, 2.45) is 0 Å². The Morgan fingerprint density at radius 3 is 1.44 bits per heavy atom. The van der Waals surface area contributed by atoms with E-state index in [9.17, 15) is 4.79 Å². The second-order valence-corrected chi connectivity index (χ2v) is 6.35. The van der Waals surface area contributed by atoms with E-state index >= 15 is 0 Å². The van der Waals surface area contributed by atoms with Gasteiger partial charge in [-0.2, -0.15) is 0 Å². The van der Waals surface area contributed by atoms with Crippen molar-refractivity contribution in [2.75, 3.05) is 5.88 Å². The third-order valence-electron chi connectivity index (χ3n) is 0.105. The maximum absolute atomic E-state index is 9.45. The summed E-state index contributed by atoms with van der Waals surface area (Å²) in [5.74, 6) is -1.30. The van der Waals surface area contributed by atoms with E-state index in [0.29, 0.717) is 0 Å². The van der Waals surface area contributed by atoms with E-state index in [1.807, 2.05) is 0 Å². The van der Waals surface area contributed by atoms with Crippen LogP contribution in [0.25, 0.3) is 0 Å². The van der Waals surface area contributed by atoms with E-state index in [1.165, 1.54) is 0 Å². The van der Waals surface area contributed by atoms with Crippen molar-refractivity contribution in [3.63, 3.8) is 0 Å². The van der Waals surface area contributed by atoms with Crippen LogP contribution < -0.4 is 0 Å². The molecule has 0 rings (SSSR count). The van der Waals surface area contributed by atoms with Gasteiger partial charge in [-0.05, 0) is 11.6 Å². The van der Waals surface area contributed by atoms with Gasteiger partial charge in [0.25, 0.3) is 0 Å². The molecule has 0 aromatic carbocycles. The first-order chi connectivity index (χ1) is 4.00. The summed E-state index contributed by atoms with van der Waals surface area (Å²) in [6, 6.07) is 0. The smallest absolute Gasteiger partial charge is 0.236 e. The topological polar surface area (TPSA) is 17.1 Å². The lowest BCUT2D eigenvalue weighted by Crippen LogP contribution is -1.81. The second-order valence-electron chi connectivity index (χ2n) is 0.680. The lowest BCUT2D eigenvalue weighted by Gasteiger charge is -1.68. The zero-order valence-electron chi connectivity index (χ0n) is 3.95. The Balaban J connectivity index is 0. The van der Waals surface area contributed by atoms with Crippen LogP contribution in [0.4, 0.5) is 0 Å². The van der Waals surface area contributed by atoms with Gasteiger partial charge in [-0.3, -0.25) is 4.79 Å². The average Bonchev–Trinajstić information content (AvgIpc) is 1.65. The van der Waals surface area contributed by atoms with Gasteiger partial charge in [-0.25, -0.2) is 0 Å². The third-order valence-corrected chi connectivity index (χ3v) is 0.618. The van der Waals surface area contributed by atoms with Crippen LogP contribution >= 0.6 is 62.9 Å². The highest BCUT2D eigenvalue weighted by molar-refractivity contribution is 8.20. The Labute approximate surface area is 78.7 Å². The van der Waals surface area contributed by atoms with Gasteiger partial charge in [0.05, 0.1) is 5.88 Å². The first kappa shape index (κ1) is 13.2. The molecule has 0 saturated heterocycles. The van der Waals surface area contributed by atoms with Crippen molar-refractivity contribution in [3.05, 3.63) is 0 Å². The molecule has 0 fully saturated rings. The van der Waals surface area contributed by atoms with E-state index in [0.717, 1.165) is 0 Å². The van der Waals surface area contributed by atoms with Gasteiger partial charge in [0.1, 0.15) is 0 Å². The van der Waals surface area contributed by atoms with Gasteiger partial charge in [0.2, 0.25) is 5.24 Å². The van der Waals surface area contributed by atoms with Gasteiger partial charge in [0.15, 0.2) is 5.98 Å². The molecule has 0 atom stereocenters. The van der Waals surface area contributed by atoms with Gasteiger partial charge >= 0.3 is 0 Å². The minimum Gasteiger partial charge on any atom is -0.280 e. The number of halogens is 5. The number of carbonyl (C=O) groups is 1. The molecule has 0 heterocycles. The maximum atomic E-state index is 9.45. The molecule has 0 spiro atoms. The number of alkyl halides is 1. The lowest BCUT2D eigenvalue weighted by atomic mass is 10.9. The lowest BCUT2D eigenvalue weighted by molar-refractivity contribution is -0.109. The zero-order chi connectivity index (χ0) is 7.86. The van der Waals surface area contributed by atoms with E-state index in [4.69, 9.17) is 56.9 Å². The van der Waals surface area contributed by atoms with Crippen molar-refractivity contribution < 1.29 is 4.79 Å². The number of hydrogen-bond acceptors (Lipinski definition) is 1. The van der Waals surface area contributed by atoms with Gasteiger partial charge in [-0.1, -0.05) is 33.7 Å². The summed E-state index contributed by atoms with van der Waals surface area (Å²) < 4.78 is 0. The molecule has 0 radical (unpaired) electrons. The molecular formula is C2H2Cl5OP. The van der Waals surface area contributed by atoms with Crippen LogP contribution in [0.5, 0.6) is 0 Å². The molecule has 0 unspecified atom stereocenters. The number of carbonyl (C=O) groups excluding carboxylic acids is 1. The Kier molecular flexibility index (Phi) is 14.0. The first-order valence-corrected chi connectivity index (χ1v) is 6.49. The fourth-order valence-electron chi connectivity index (χ4n) is 0. The molecule has 0 aliphatic heterocycles. The molecule has 7 heteroatoms. The summed E-state index contributed by atoms with van der Waals surface area (Å²) >= 11 is 24.2. The van der Waals surface area contributed by atoms with Crippen molar-refractivity contribution in [1.29, 1.82) is 0 Å². The Morgan fingerprint density at radius 1 is 1.33 bits per heavy atom. The van der Waals surface area contributed by atoms with Crippen molar-refractivity contribution in [2.45, 2.75) is 0 Å². The molecule has 0 amide bonds. The summed E-state index contributed by atoms with van der Waals surface area (Å²) in [7, 11) is 0. The molecule has 0 bridgehead atoms. The molecule has 0 N–H and O–H groups in total. The molecule has 0 saturated carbocycles. The quantitative estimate of drug-likeness (QED) is 0.391. The first-order valence-electron chi connectivity index (χ1n) is 1.52. The van der Waals surface area contributed by atoms with E-state index in [1.54, 1.807) is 0 Å². The normalized spacial score (nSPS) is 8.22. The molecule has 0 aliphatic rings. The summed E-state index contributed by atoms with van der Waals surface area (Å²) in [5.41, 5.74) is 0. The predicted molar refractivity (Wildman–Crippen MR) is 46.1 cm³/mol. The van der Waals surface area contributed by atoms with Crippen LogP contribution in [0.15, 0.2) is 0 Å². The van der Waals surface area contributed by atoms with E-state index in [2.05, 4.69) is 0 Å². The zero-order valence-corrected chi connectivity index (χ0v) is 8.63. The summed E-state index contributed by atoms with van der Waals surface area (Å²) in [5, 5.41) is -0.508. The van der Waals surface area contributed by atoms with Crippen molar-refractivity contribution >= 4 is 68.1 Å². The van der Waals surface area contributed by atoms with Crippen molar-refractivity contribution in [3.8, 4) is 0 Å². The summed E-state index contributed by atoms with van der Waals surface area (Å²) in [6.45, 7) is 0. The standard InChI is InChI=1S/C2H2Cl2O.Cl3P/c3-1-2(4)5;1-4(2)3/h1H2;. The Hall–Kier alpha value is 1.55. The molecule has 0 aromatic heterocycles. The minimum atomic E-state index is -1.20. The highest BCUT2D eigenvalue weighted by atomic mass is 36.0. The largest absolute Gasteiger partial charge is 0.280 e. The highest BCUT2D eigenvalue weighted by Gasteiger charge is 1.83. The highest BCUT2D eigenvalue weighted by Crippen LogP contribution is 2.51. The van der Waals surface area contributed by atoms with Crippen LogP contribution in [-0.2, 0) is 4.79 Å². The van der Waals surface area contributed by atoms with Crippen LogP contribution in [0.1, 0.15) is 0 Å². The fraction of sp³-hybridized carbons (Fsp3) is 0.500. The maximum Gasteiger partial charge on any atom is 0.236 e. The van der Waals surface area contributed by atoms with E-state index < -0.39 is 11.2 Å². The molecule has 56 valence electrons. The molecule has 0 aromatic rings. The van der Waals surface area contributed by atoms with Crippen LogP contribution in [0.3, 0.4) is 0 Å². The van der Waals surface area contributed by atoms with Gasteiger partial charge < -0.3 is 0 Å². The Morgan fingerprint density at radius 2 is 1.44 bits per heavy atom. The third kappa shape index (κ3) is 43.2. The second kappa shape index (κ2) is 9.55. The minimum absolute atomic E-state index is 0.0957. The molecule has 9 heavy (non-hydrogen) atoms. The average molecular weight is 250 g/mol. The van der Waals surface area contributed by atoms with Gasteiger partial charge in [0, 0.05) is 0 Å². The SMILES string of the molecule is ClP(Cl)Cl.O=C(Cl)CCl. The summed E-state index contributed by atoms with van der Waals surface area (Å²) in [4.78, 5) is 9.45. The van der Waals surface area contributed by atoms with Gasteiger partial charge in [-0.15, -0.1) is 11.6 Å². The van der Waals surface area contributed by atoms with Crippen LogP contribution in [0, 0.1) is 0 Å². The van der Waals surface area contributed by atoms with Crippen molar-refractivity contribution in [1.82, 2.24) is 0 Å². The van der Waals surface area contributed by atoms with Crippen LogP contribution in [0.2, 0.25) is 0 Å². The van der Waals surface area contributed by atoms with Crippen LogP contribution in [-0.4, -0.2) is 11.1 Å². The number of hydrogen-bond donors (Lipinski definition) is 0. The summed E-state index contributed by atoms with van der Waals surface area (Å²) in [6.07, 6.45) is 0. The van der Waals surface area contributed by atoms with E-state index in [-0.39, 0.29) is 5.88 Å². The monoisotopic (exact) mass is 248 g/mol. The molecule has 1 nitrogen and oxygen atoms in total. The molecule has 0 aliphatic carbocycles.